The summed E-state index contributed by atoms with van der Waals surface area (Å²) < 4.78 is 0. The summed E-state index contributed by atoms with van der Waals surface area (Å²) in [7, 11) is 0. The predicted octanol–water partition coefficient (Wildman–Crippen LogP) is 8.20. The molecule has 0 heterocycles. The van der Waals surface area contributed by atoms with E-state index < -0.39 is 0 Å². The Balaban J connectivity index is 1.58. The monoisotopic (exact) mass is 392 g/mol. The van der Waals surface area contributed by atoms with Crippen molar-refractivity contribution in [2.75, 3.05) is 10.2 Å². The summed E-state index contributed by atoms with van der Waals surface area (Å²) in [6, 6.07) is 38.2. The first-order valence-corrected chi connectivity index (χ1v) is 10.4. The normalized spacial score (nSPS) is 11.2. The third-order valence-electron chi connectivity index (χ3n) is 5.19. The Bertz CT molecular complexity index is 1020. The molecule has 0 saturated carbocycles. The second kappa shape index (κ2) is 8.46. The smallest absolute Gasteiger partial charge is 0.0463 e. The molecule has 0 unspecified atom stereocenters. The lowest BCUT2D eigenvalue weighted by molar-refractivity contribution is 0.590. The molecule has 0 aliphatic rings. The van der Waals surface area contributed by atoms with E-state index in [9.17, 15) is 0 Å². The maximum atomic E-state index is 3.51. The summed E-state index contributed by atoms with van der Waals surface area (Å²) in [6.07, 6.45) is 0. The molecule has 0 aliphatic carbocycles. The molecule has 2 nitrogen and oxygen atoms in total. The lowest BCUT2D eigenvalue weighted by Crippen LogP contribution is -2.10. The average molecular weight is 393 g/mol. The molecule has 0 saturated heterocycles. The Morgan fingerprint density at radius 3 is 1.33 bits per heavy atom. The number of anilines is 5. The zero-order valence-electron chi connectivity index (χ0n) is 17.8. The Morgan fingerprint density at radius 2 is 0.900 bits per heavy atom. The van der Waals surface area contributed by atoms with Crippen LogP contribution in [-0.2, 0) is 5.41 Å². The molecule has 0 atom stereocenters. The van der Waals surface area contributed by atoms with Crippen molar-refractivity contribution in [1.82, 2.24) is 0 Å². The predicted molar refractivity (Wildman–Crippen MR) is 130 cm³/mol. The van der Waals surface area contributed by atoms with Gasteiger partial charge in [0.05, 0.1) is 0 Å². The zero-order chi connectivity index (χ0) is 21.0. The van der Waals surface area contributed by atoms with E-state index in [0.717, 1.165) is 28.4 Å². The lowest BCUT2D eigenvalue weighted by atomic mass is 9.87. The van der Waals surface area contributed by atoms with Crippen molar-refractivity contribution < 1.29 is 0 Å². The molecule has 0 radical (unpaired) electrons. The summed E-state index contributed by atoms with van der Waals surface area (Å²) >= 11 is 0. The van der Waals surface area contributed by atoms with Gasteiger partial charge in [-0.2, -0.15) is 0 Å². The van der Waals surface area contributed by atoms with Crippen LogP contribution in [0.3, 0.4) is 0 Å². The molecular formula is C28H28N2. The second-order valence-electron chi connectivity index (χ2n) is 8.51. The number of nitrogens with zero attached hydrogens (tertiary/aromatic N) is 1. The molecule has 0 amide bonds. The number of nitrogens with one attached hydrogen (secondary N) is 1. The summed E-state index contributed by atoms with van der Waals surface area (Å²) in [6.45, 7) is 6.71. The van der Waals surface area contributed by atoms with Gasteiger partial charge in [0.1, 0.15) is 0 Å². The van der Waals surface area contributed by atoms with Crippen molar-refractivity contribution >= 4 is 28.4 Å². The first-order valence-electron chi connectivity index (χ1n) is 10.4. The molecule has 150 valence electrons. The largest absolute Gasteiger partial charge is 0.356 e. The van der Waals surface area contributed by atoms with Gasteiger partial charge < -0.3 is 10.2 Å². The van der Waals surface area contributed by atoms with Crippen LogP contribution in [0.1, 0.15) is 26.3 Å². The SMILES string of the molecule is CC(C)(C)c1ccc(Nc2ccc(N(c3ccccc3)c3ccccc3)cc2)cc1. The molecule has 4 rings (SSSR count). The number of hydrogen-bond acceptors (Lipinski definition) is 2. The van der Waals surface area contributed by atoms with Gasteiger partial charge in [-0.25, -0.2) is 0 Å². The van der Waals surface area contributed by atoms with Crippen LogP contribution in [0.15, 0.2) is 109 Å². The van der Waals surface area contributed by atoms with Crippen molar-refractivity contribution in [2.45, 2.75) is 26.2 Å². The number of benzene rings is 4. The van der Waals surface area contributed by atoms with Crippen LogP contribution >= 0.6 is 0 Å². The third-order valence-corrected chi connectivity index (χ3v) is 5.19. The minimum absolute atomic E-state index is 0.165. The van der Waals surface area contributed by atoms with Gasteiger partial charge in [0, 0.05) is 28.4 Å². The van der Waals surface area contributed by atoms with Crippen LogP contribution < -0.4 is 10.2 Å². The summed E-state index contributed by atoms with van der Waals surface area (Å²) in [5.41, 5.74) is 7.08. The first-order chi connectivity index (χ1) is 14.5. The van der Waals surface area contributed by atoms with Gasteiger partial charge in [-0.1, -0.05) is 69.3 Å². The third kappa shape index (κ3) is 4.55. The molecule has 0 bridgehead atoms. The highest BCUT2D eigenvalue weighted by molar-refractivity contribution is 5.77. The van der Waals surface area contributed by atoms with E-state index in [2.05, 4.69) is 128 Å². The molecule has 4 aromatic rings. The minimum Gasteiger partial charge on any atom is -0.356 e. The van der Waals surface area contributed by atoms with Crippen LogP contribution in [0.25, 0.3) is 0 Å². The van der Waals surface area contributed by atoms with Crippen molar-refractivity contribution in [3.63, 3.8) is 0 Å². The molecule has 0 aromatic heterocycles. The van der Waals surface area contributed by atoms with Gasteiger partial charge in [0.2, 0.25) is 0 Å². The van der Waals surface area contributed by atoms with E-state index >= 15 is 0 Å². The standard InChI is InChI=1S/C28H28N2/c1-28(2,3)22-14-16-23(17-15-22)29-24-18-20-27(21-19-24)30(25-10-6-4-7-11-25)26-12-8-5-9-13-26/h4-21,29H,1-3H3. The number of para-hydroxylation sites is 2. The van der Waals surface area contributed by atoms with E-state index in [1.54, 1.807) is 0 Å². The van der Waals surface area contributed by atoms with E-state index in [1.807, 2.05) is 12.1 Å². The number of hydrogen-bond donors (Lipinski definition) is 1. The van der Waals surface area contributed by atoms with Gasteiger partial charge in [-0.05, 0) is 71.6 Å². The molecular weight excluding hydrogens is 364 g/mol. The maximum Gasteiger partial charge on any atom is 0.0463 e. The van der Waals surface area contributed by atoms with Crippen LogP contribution in [-0.4, -0.2) is 0 Å². The van der Waals surface area contributed by atoms with Crippen molar-refractivity contribution in [3.8, 4) is 0 Å². The van der Waals surface area contributed by atoms with Crippen molar-refractivity contribution in [1.29, 1.82) is 0 Å². The molecule has 2 heteroatoms. The molecule has 4 aromatic carbocycles. The molecule has 0 fully saturated rings. The highest BCUT2D eigenvalue weighted by Gasteiger charge is 2.13. The quantitative estimate of drug-likeness (QED) is 0.368. The summed E-state index contributed by atoms with van der Waals surface area (Å²) in [4.78, 5) is 2.27. The first kappa shape index (κ1) is 19.8. The second-order valence-corrected chi connectivity index (χ2v) is 8.51. The van der Waals surface area contributed by atoms with Gasteiger partial charge in [0.15, 0.2) is 0 Å². The number of rotatable bonds is 5. The maximum absolute atomic E-state index is 3.51. The fourth-order valence-electron chi connectivity index (χ4n) is 3.52. The van der Waals surface area contributed by atoms with Gasteiger partial charge >= 0.3 is 0 Å². The fourth-order valence-corrected chi connectivity index (χ4v) is 3.52. The topological polar surface area (TPSA) is 15.3 Å². The molecule has 1 N–H and O–H groups in total. The molecule has 0 spiro atoms. The van der Waals surface area contributed by atoms with E-state index in [-0.39, 0.29) is 5.41 Å². The Labute approximate surface area is 179 Å². The van der Waals surface area contributed by atoms with Gasteiger partial charge in [0.25, 0.3) is 0 Å². The molecule has 0 aliphatic heterocycles. The highest BCUT2D eigenvalue weighted by atomic mass is 15.1. The molecule has 30 heavy (non-hydrogen) atoms. The van der Waals surface area contributed by atoms with Crippen molar-refractivity contribution in [2.24, 2.45) is 0 Å². The van der Waals surface area contributed by atoms with E-state index in [4.69, 9.17) is 0 Å². The van der Waals surface area contributed by atoms with Gasteiger partial charge in [-0.3, -0.25) is 0 Å². The summed E-state index contributed by atoms with van der Waals surface area (Å²) in [5.74, 6) is 0. The Morgan fingerprint density at radius 1 is 0.500 bits per heavy atom. The Hall–Kier alpha value is -3.52. The van der Waals surface area contributed by atoms with Crippen LogP contribution in [0.4, 0.5) is 28.4 Å². The van der Waals surface area contributed by atoms with Crippen LogP contribution in [0.5, 0.6) is 0 Å². The fraction of sp³-hybridized carbons (Fsp3) is 0.143. The lowest BCUT2D eigenvalue weighted by Gasteiger charge is -2.25. The van der Waals surface area contributed by atoms with E-state index in [0.29, 0.717) is 0 Å². The van der Waals surface area contributed by atoms with E-state index in [1.165, 1.54) is 5.56 Å². The zero-order valence-corrected chi connectivity index (χ0v) is 17.8. The van der Waals surface area contributed by atoms with Crippen molar-refractivity contribution in [3.05, 3.63) is 115 Å². The van der Waals surface area contributed by atoms with Crippen LogP contribution in [0, 0.1) is 0 Å². The summed E-state index contributed by atoms with van der Waals surface area (Å²) in [5, 5.41) is 3.51. The van der Waals surface area contributed by atoms with Gasteiger partial charge in [-0.15, -0.1) is 0 Å². The van der Waals surface area contributed by atoms with Crippen LogP contribution in [0.2, 0.25) is 0 Å². The average Bonchev–Trinajstić information content (AvgIpc) is 2.76. The highest BCUT2D eigenvalue weighted by Crippen LogP contribution is 2.35. The minimum atomic E-state index is 0.165. The Kier molecular flexibility index (Phi) is 5.58.